The number of carbonyl (C=O) groups is 1. The van der Waals surface area contributed by atoms with Crippen molar-refractivity contribution in [3.8, 4) is 11.5 Å². The van der Waals surface area contributed by atoms with Crippen molar-refractivity contribution in [1.82, 2.24) is 4.90 Å². The average molecular weight is 627 g/mol. The molecule has 238 valence electrons. The van der Waals surface area contributed by atoms with Crippen molar-refractivity contribution in [2.24, 2.45) is 5.92 Å². The molecular formula is C31H32F6N2O5. The molecule has 1 heterocycles. The number of nitrogens with one attached hydrogen (secondary N) is 1. The molecule has 0 aromatic heterocycles. The van der Waals surface area contributed by atoms with Crippen LogP contribution in [0.1, 0.15) is 43.4 Å². The first-order valence-corrected chi connectivity index (χ1v) is 13.8. The highest BCUT2D eigenvalue weighted by Gasteiger charge is 2.42. The van der Waals surface area contributed by atoms with Gasteiger partial charge in [0.15, 0.2) is 0 Å². The fourth-order valence-electron chi connectivity index (χ4n) is 5.28. The van der Waals surface area contributed by atoms with Crippen LogP contribution in [0, 0.1) is 5.92 Å². The molecule has 0 radical (unpaired) electrons. The number of nitrogens with zero attached hydrogens (tertiary/aromatic N) is 1. The van der Waals surface area contributed by atoms with Gasteiger partial charge >= 0.3 is 18.8 Å². The van der Waals surface area contributed by atoms with Gasteiger partial charge in [-0.15, -0.1) is 26.3 Å². The van der Waals surface area contributed by atoms with Crippen LogP contribution in [-0.4, -0.2) is 48.0 Å². The molecule has 44 heavy (non-hydrogen) atoms. The molecule has 0 aliphatic carbocycles. The van der Waals surface area contributed by atoms with E-state index >= 15 is 0 Å². The van der Waals surface area contributed by atoms with Gasteiger partial charge in [-0.1, -0.05) is 36.4 Å². The molecule has 1 amide bonds. The van der Waals surface area contributed by atoms with E-state index in [4.69, 9.17) is 4.74 Å². The lowest BCUT2D eigenvalue weighted by Gasteiger charge is -2.42. The molecule has 0 spiro atoms. The Bertz CT molecular complexity index is 1310. The van der Waals surface area contributed by atoms with Crippen molar-refractivity contribution in [1.29, 1.82) is 0 Å². The van der Waals surface area contributed by atoms with Gasteiger partial charge < -0.3 is 19.3 Å². The molecule has 0 atom stereocenters. The molecular weight excluding hydrogens is 594 g/mol. The van der Waals surface area contributed by atoms with E-state index in [1.54, 1.807) is 26.0 Å². The van der Waals surface area contributed by atoms with Crippen molar-refractivity contribution < 1.29 is 50.5 Å². The number of benzene rings is 3. The molecule has 0 saturated carbocycles. The number of ether oxygens (including phenoxy) is 3. The maximum absolute atomic E-state index is 12.7. The van der Waals surface area contributed by atoms with Crippen molar-refractivity contribution >= 4 is 11.8 Å². The Labute approximate surface area is 250 Å². The highest BCUT2D eigenvalue weighted by atomic mass is 19.4. The fourth-order valence-corrected chi connectivity index (χ4v) is 5.28. The van der Waals surface area contributed by atoms with Crippen molar-refractivity contribution in [2.75, 3.05) is 18.4 Å². The molecule has 1 saturated heterocycles. The van der Waals surface area contributed by atoms with Gasteiger partial charge in [0, 0.05) is 12.2 Å². The number of carbonyl (C=O) groups excluding carboxylic acids is 1. The van der Waals surface area contributed by atoms with Crippen molar-refractivity contribution in [2.45, 2.75) is 57.7 Å². The second kappa shape index (κ2) is 13.3. The molecule has 7 nitrogen and oxygen atoms in total. The lowest BCUT2D eigenvalue weighted by atomic mass is 9.72. The number of rotatable bonds is 9. The largest absolute Gasteiger partial charge is 0.573 e. The SMILES string of the molecule is CC(C)OC(=O)Nc1ccc(CN2CCC(C(O)(c3ccc(OC(F)(F)F)cc3)c3ccc(OC(F)(F)F)cc3)CC2)cc1. The zero-order chi connectivity index (χ0) is 32.1. The minimum Gasteiger partial charge on any atom is -0.447 e. The Kier molecular flexibility index (Phi) is 9.99. The first kappa shape index (κ1) is 32.9. The van der Waals surface area contributed by atoms with Crippen LogP contribution in [0.4, 0.5) is 36.8 Å². The summed E-state index contributed by atoms with van der Waals surface area (Å²) in [4.78, 5) is 14.0. The van der Waals surface area contributed by atoms with E-state index < -0.39 is 41.8 Å². The van der Waals surface area contributed by atoms with E-state index in [-0.39, 0.29) is 17.2 Å². The lowest BCUT2D eigenvalue weighted by Crippen LogP contribution is -2.44. The number of anilines is 1. The van der Waals surface area contributed by atoms with Gasteiger partial charge in [-0.2, -0.15) is 0 Å². The summed E-state index contributed by atoms with van der Waals surface area (Å²) in [6.45, 7) is 5.23. The molecule has 1 aliphatic rings. The smallest absolute Gasteiger partial charge is 0.447 e. The minimum absolute atomic E-state index is 0.250. The van der Waals surface area contributed by atoms with Crippen LogP contribution in [0.15, 0.2) is 72.8 Å². The summed E-state index contributed by atoms with van der Waals surface area (Å²) in [6, 6.07) is 16.9. The number of alkyl halides is 6. The zero-order valence-electron chi connectivity index (χ0n) is 23.9. The third-order valence-corrected chi connectivity index (χ3v) is 7.18. The average Bonchev–Trinajstić information content (AvgIpc) is 2.93. The third kappa shape index (κ3) is 9.02. The third-order valence-electron chi connectivity index (χ3n) is 7.18. The van der Waals surface area contributed by atoms with Crippen LogP contribution >= 0.6 is 0 Å². The molecule has 0 bridgehead atoms. The van der Waals surface area contributed by atoms with E-state index in [1.807, 2.05) is 12.1 Å². The Hall–Kier alpha value is -3.97. The predicted molar refractivity (Wildman–Crippen MR) is 149 cm³/mol. The fraction of sp³-hybridized carbons (Fsp3) is 0.387. The molecule has 3 aromatic carbocycles. The number of hydrogen-bond donors (Lipinski definition) is 2. The molecule has 1 fully saturated rings. The highest BCUT2D eigenvalue weighted by molar-refractivity contribution is 5.84. The quantitative estimate of drug-likeness (QED) is 0.238. The Balaban J connectivity index is 1.49. The molecule has 0 unspecified atom stereocenters. The number of piperidine rings is 1. The molecule has 3 aromatic rings. The Morgan fingerprint density at radius 3 is 1.68 bits per heavy atom. The number of likely N-dealkylation sites (tertiary alicyclic amines) is 1. The van der Waals surface area contributed by atoms with Crippen LogP contribution in [0.2, 0.25) is 0 Å². The van der Waals surface area contributed by atoms with Gasteiger partial charge in [-0.05, 0) is 98.8 Å². The normalized spacial score (nSPS) is 15.2. The standard InChI is InChI=1S/C31H32F6N2O5/c1-20(2)42-28(40)38-25-9-3-21(4-10-25)19-39-17-15-24(16-18-39)29(41,22-5-11-26(12-6-22)43-30(32,33)34)23-7-13-27(14-8-23)44-31(35,36)37/h3-14,20,24,41H,15-19H2,1-2H3,(H,38,40). The summed E-state index contributed by atoms with van der Waals surface area (Å²) < 4.78 is 89.2. The van der Waals surface area contributed by atoms with Gasteiger partial charge in [0.25, 0.3) is 0 Å². The van der Waals surface area contributed by atoms with Gasteiger partial charge in [0.05, 0.1) is 6.10 Å². The number of hydrogen-bond acceptors (Lipinski definition) is 6. The monoisotopic (exact) mass is 626 g/mol. The second-order valence-electron chi connectivity index (χ2n) is 10.7. The topological polar surface area (TPSA) is 80.3 Å². The predicted octanol–water partition coefficient (Wildman–Crippen LogP) is 7.59. The maximum atomic E-state index is 12.7. The molecule has 4 rings (SSSR count). The van der Waals surface area contributed by atoms with E-state index in [1.165, 1.54) is 24.3 Å². The molecule has 2 N–H and O–H groups in total. The summed E-state index contributed by atoms with van der Waals surface area (Å²) in [6.07, 6.45) is -9.62. The molecule has 1 aliphatic heterocycles. The van der Waals surface area contributed by atoms with Gasteiger partial charge in [-0.25, -0.2) is 4.79 Å². The van der Waals surface area contributed by atoms with E-state index in [0.717, 1.165) is 29.8 Å². The van der Waals surface area contributed by atoms with Crippen molar-refractivity contribution in [3.05, 3.63) is 89.5 Å². The van der Waals surface area contributed by atoms with Crippen LogP contribution in [0.25, 0.3) is 0 Å². The number of aliphatic hydroxyl groups is 1. The van der Waals surface area contributed by atoms with Crippen molar-refractivity contribution in [3.63, 3.8) is 0 Å². The van der Waals surface area contributed by atoms with Crippen LogP contribution in [0.3, 0.4) is 0 Å². The lowest BCUT2D eigenvalue weighted by molar-refractivity contribution is -0.275. The number of amides is 1. The van der Waals surface area contributed by atoms with Crippen LogP contribution in [-0.2, 0) is 16.9 Å². The van der Waals surface area contributed by atoms with Gasteiger partial charge in [0.1, 0.15) is 17.1 Å². The highest BCUT2D eigenvalue weighted by Crippen LogP contribution is 2.43. The van der Waals surface area contributed by atoms with E-state index in [0.29, 0.717) is 38.2 Å². The Morgan fingerprint density at radius 1 is 0.818 bits per heavy atom. The van der Waals surface area contributed by atoms with E-state index in [9.17, 15) is 36.2 Å². The number of halogens is 6. The summed E-state index contributed by atoms with van der Waals surface area (Å²) in [5, 5.41) is 14.8. The van der Waals surface area contributed by atoms with Crippen LogP contribution in [0.5, 0.6) is 11.5 Å². The summed E-state index contributed by atoms with van der Waals surface area (Å²) in [5.74, 6) is -1.35. The zero-order valence-corrected chi connectivity index (χ0v) is 23.9. The van der Waals surface area contributed by atoms with Gasteiger partial charge in [-0.3, -0.25) is 10.2 Å². The first-order chi connectivity index (χ1) is 20.6. The Morgan fingerprint density at radius 2 is 1.27 bits per heavy atom. The minimum atomic E-state index is -4.89. The summed E-state index contributed by atoms with van der Waals surface area (Å²) in [5.41, 5.74) is 0.393. The summed E-state index contributed by atoms with van der Waals surface area (Å²) in [7, 11) is 0. The van der Waals surface area contributed by atoms with E-state index in [2.05, 4.69) is 19.7 Å². The second-order valence-corrected chi connectivity index (χ2v) is 10.7. The first-order valence-electron chi connectivity index (χ1n) is 13.8. The summed E-state index contributed by atoms with van der Waals surface area (Å²) >= 11 is 0. The molecule has 13 heteroatoms. The van der Waals surface area contributed by atoms with Gasteiger partial charge in [0.2, 0.25) is 0 Å². The van der Waals surface area contributed by atoms with Crippen LogP contribution < -0.4 is 14.8 Å². The maximum Gasteiger partial charge on any atom is 0.573 e.